The molecule has 0 fully saturated rings. The van der Waals surface area contributed by atoms with Crippen LogP contribution in [-0.2, 0) is 4.74 Å². The molecule has 0 spiro atoms. The number of nitrogens with one attached hydrogen (secondary N) is 1. The van der Waals surface area contributed by atoms with Gasteiger partial charge in [0, 0.05) is 34.9 Å². The van der Waals surface area contributed by atoms with Gasteiger partial charge in [0.25, 0.3) is 0 Å². The first kappa shape index (κ1) is 15.1. The molecule has 0 radical (unpaired) electrons. The van der Waals surface area contributed by atoms with Crippen molar-refractivity contribution in [2.45, 2.75) is 25.8 Å². The zero-order chi connectivity index (χ0) is 14.5. The van der Waals surface area contributed by atoms with Gasteiger partial charge >= 0.3 is 0 Å². The van der Waals surface area contributed by atoms with Gasteiger partial charge in [-0.1, -0.05) is 13.3 Å². The molecule has 2 rings (SSSR count). The predicted molar refractivity (Wildman–Crippen MR) is 88.1 cm³/mol. The number of fused-ring (bicyclic) bond motifs is 1. The Bertz CT molecular complexity index is 583. The van der Waals surface area contributed by atoms with Gasteiger partial charge in [-0.3, -0.25) is 4.98 Å². The molecular weight excluding hydrogens is 318 g/mol. The first-order valence-corrected chi connectivity index (χ1v) is 7.54. The van der Waals surface area contributed by atoms with Gasteiger partial charge in [0.1, 0.15) is 0 Å². The molecule has 20 heavy (non-hydrogen) atoms. The standard InChI is InChI=1S/C15H20BrN3O/c1-3-4-11(9-20-2)19-14-6-5-13(17)12-7-10(16)8-18-15(12)14/h5-8,11,19H,3-4,9,17H2,1-2H3. The maximum Gasteiger partial charge on any atom is 0.0954 e. The molecule has 3 N–H and O–H groups in total. The summed E-state index contributed by atoms with van der Waals surface area (Å²) in [6.45, 7) is 2.84. The van der Waals surface area contributed by atoms with Crippen LogP contribution in [0.3, 0.4) is 0 Å². The number of hydrogen-bond donors (Lipinski definition) is 2. The van der Waals surface area contributed by atoms with E-state index < -0.39 is 0 Å². The summed E-state index contributed by atoms with van der Waals surface area (Å²) in [6, 6.07) is 6.17. The molecule has 0 aliphatic carbocycles. The van der Waals surface area contributed by atoms with Crippen LogP contribution in [0.5, 0.6) is 0 Å². The monoisotopic (exact) mass is 337 g/mol. The van der Waals surface area contributed by atoms with E-state index in [1.54, 1.807) is 13.3 Å². The minimum Gasteiger partial charge on any atom is -0.398 e. The molecule has 108 valence electrons. The van der Waals surface area contributed by atoms with Crippen molar-refractivity contribution in [3.8, 4) is 0 Å². The fourth-order valence-electron chi connectivity index (χ4n) is 2.30. The minimum absolute atomic E-state index is 0.280. The van der Waals surface area contributed by atoms with Crippen LogP contribution in [0.15, 0.2) is 28.9 Å². The van der Waals surface area contributed by atoms with Gasteiger partial charge in [0.05, 0.1) is 17.8 Å². The molecule has 1 unspecified atom stereocenters. The molecule has 1 aromatic heterocycles. The van der Waals surface area contributed by atoms with Crippen molar-refractivity contribution in [1.29, 1.82) is 0 Å². The van der Waals surface area contributed by atoms with E-state index in [4.69, 9.17) is 10.5 Å². The van der Waals surface area contributed by atoms with Gasteiger partial charge in [-0.15, -0.1) is 0 Å². The summed E-state index contributed by atoms with van der Waals surface area (Å²) in [7, 11) is 1.72. The smallest absolute Gasteiger partial charge is 0.0954 e. The minimum atomic E-state index is 0.280. The summed E-state index contributed by atoms with van der Waals surface area (Å²) in [5.74, 6) is 0. The number of pyridine rings is 1. The lowest BCUT2D eigenvalue weighted by atomic mass is 10.1. The number of nitrogens with zero attached hydrogens (tertiary/aromatic N) is 1. The molecular formula is C15H20BrN3O. The summed E-state index contributed by atoms with van der Waals surface area (Å²) < 4.78 is 6.20. The van der Waals surface area contributed by atoms with Gasteiger partial charge in [0.2, 0.25) is 0 Å². The molecule has 1 atom stereocenters. The third-order valence-corrected chi connectivity index (χ3v) is 3.65. The number of hydrogen-bond acceptors (Lipinski definition) is 4. The largest absolute Gasteiger partial charge is 0.398 e. The molecule has 0 amide bonds. The maximum absolute atomic E-state index is 6.03. The quantitative estimate of drug-likeness (QED) is 0.787. The number of nitrogens with two attached hydrogens (primary N) is 1. The Kier molecular flexibility index (Phi) is 5.20. The van der Waals surface area contributed by atoms with Crippen molar-refractivity contribution in [2.75, 3.05) is 24.8 Å². The molecule has 2 aromatic rings. The molecule has 0 aliphatic heterocycles. The van der Waals surface area contributed by atoms with Crippen LogP contribution < -0.4 is 11.1 Å². The number of benzene rings is 1. The van der Waals surface area contributed by atoms with E-state index in [2.05, 4.69) is 33.2 Å². The second-order valence-corrected chi connectivity index (χ2v) is 5.75. The number of methoxy groups -OCH3 is 1. The van der Waals surface area contributed by atoms with Crippen LogP contribution in [0.4, 0.5) is 11.4 Å². The normalized spacial score (nSPS) is 12.6. The lowest BCUT2D eigenvalue weighted by molar-refractivity contribution is 0.182. The lowest BCUT2D eigenvalue weighted by Crippen LogP contribution is -2.24. The average Bonchev–Trinajstić information content (AvgIpc) is 2.43. The van der Waals surface area contributed by atoms with Crippen LogP contribution >= 0.6 is 15.9 Å². The third kappa shape index (κ3) is 3.41. The molecule has 4 nitrogen and oxygen atoms in total. The second-order valence-electron chi connectivity index (χ2n) is 4.84. The zero-order valence-electron chi connectivity index (χ0n) is 11.8. The van der Waals surface area contributed by atoms with Crippen molar-refractivity contribution in [2.24, 2.45) is 0 Å². The number of halogens is 1. The van der Waals surface area contributed by atoms with Crippen molar-refractivity contribution in [3.05, 3.63) is 28.9 Å². The first-order chi connectivity index (χ1) is 9.65. The molecule has 1 heterocycles. The summed E-state index contributed by atoms with van der Waals surface area (Å²) in [5.41, 5.74) is 8.65. The van der Waals surface area contributed by atoms with Gasteiger partial charge in [0.15, 0.2) is 0 Å². The average molecular weight is 338 g/mol. The number of nitrogen functional groups attached to an aromatic ring is 1. The Hall–Kier alpha value is -1.33. The molecule has 0 saturated heterocycles. The molecule has 0 bridgehead atoms. The number of anilines is 2. The SMILES string of the molecule is CCCC(COC)Nc1ccc(N)c2cc(Br)cnc12. The van der Waals surface area contributed by atoms with E-state index in [1.165, 1.54) is 0 Å². The van der Waals surface area contributed by atoms with Crippen LogP contribution in [0.1, 0.15) is 19.8 Å². The van der Waals surface area contributed by atoms with Crippen molar-refractivity contribution in [3.63, 3.8) is 0 Å². The molecule has 5 heteroatoms. The molecule has 1 aromatic carbocycles. The van der Waals surface area contributed by atoms with Gasteiger partial charge in [-0.2, -0.15) is 0 Å². The molecule has 0 saturated carbocycles. The van der Waals surface area contributed by atoms with E-state index in [0.717, 1.165) is 39.6 Å². The second kappa shape index (κ2) is 6.90. The predicted octanol–water partition coefficient (Wildman–Crippen LogP) is 3.81. The van der Waals surface area contributed by atoms with Crippen LogP contribution in [0.2, 0.25) is 0 Å². The topological polar surface area (TPSA) is 60.2 Å². The van der Waals surface area contributed by atoms with Crippen LogP contribution in [0, 0.1) is 0 Å². The van der Waals surface area contributed by atoms with E-state index in [-0.39, 0.29) is 6.04 Å². The zero-order valence-corrected chi connectivity index (χ0v) is 13.4. The number of aromatic nitrogens is 1. The van der Waals surface area contributed by atoms with Crippen molar-refractivity contribution >= 4 is 38.2 Å². The van der Waals surface area contributed by atoms with E-state index in [0.29, 0.717) is 6.61 Å². The van der Waals surface area contributed by atoms with Crippen LogP contribution in [-0.4, -0.2) is 24.7 Å². The van der Waals surface area contributed by atoms with E-state index in [1.807, 2.05) is 18.2 Å². The van der Waals surface area contributed by atoms with E-state index in [9.17, 15) is 0 Å². The number of ether oxygens (including phenoxy) is 1. The Labute approximate surface area is 127 Å². The fraction of sp³-hybridized carbons (Fsp3) is 0.400. The summed E-state index contributed by atoms with van der Waals surface area (Å²) in [5, 5.41) is 4.47. The van der Waals surface area contributed by atoms with E-state index >= 15 is 0 Å². The van der Waals surface area contributed by atoms with Crippen molar-refractivity contribution in [1.82, 2.24) is 4.98 Å². The lowest BCUT2D eigenvalue weighted by Gasteiger charge is -2.19. The molecule has 0 aliphatic rings. The fourth-order valence-corrected chi connectivity index (χ4v) is 2.63. The van der Waals surface area contributed by atoms with Gasteiger partial charge < -0.3 is 15.8 Å². The maximum atomic E-state index is 6.03. The summed E-state index contributed by atoms with van der Waals surface area (Å²) in [4.78, 5) is 4.48. The van der Waals surface area contributed by atoms with Crippen LogP contribution in [0.25, 0.3) is 10.9 Å². The van der Waals surface area contributed by atoms with Crippen molar-refractivity contribution < 1.29 is 4.74 Å². The third-order valence-electron chi connectivity index (χ3n) is 3.21. The highest BCUT2D eigenvalue weighted by molar-refractivity contribution is 9.10. The highest BCUT2D eigenvalue weighted by Gasteiger charge is 2.11. The highest BCUT2D eigenvalue weighted by atomic mass is 79.9. The number of rotatable bonds is 6. The Morgan fingerprint density at radius 3 is 2.95 bits per heavy atom. The van der Waals surface area contributed by atoms with Gasteiger partial charge in [-0.05, 0) is 40.5 Å². The van der Waals surface area contributed by atoms with Gasteiger partial charge in [-0.25, -0.2) is 0 Å². The summed E-state index contributed by atoms with van der Waals surface area (Å²) >= 11 is 3.43. The Morgan fingerprint density at radius 2 is 2.25 bits per heavy atom. The first-order valence-electron chi connectivity index (χ1n) is 6.75. The summed E-state index contributed by atoms with van der Waals surface area (Å²) in [6.07, 6.45) is 3.95. The Balaban J connectivity index is 2.36. The Morgan fingerprint density at radius 1 is 1.45 bits per heavy atom. The highest BCUT2D eigenvalue weighted by Crippen LogP contribution is 2.29.